The molecule has 0 bridgehead atoms. The highest BCUT2D eigenvalue weighted by molar-refractivity contribution is 7.99. The van der Waals surface area contributed by atoms with Crippen LogP contribution in [0.3, 0.4) is 0 Å². The van der Waals surface area contributed by atoms with Gasteiger partial charge in [0.05, 0.1) is 6.61 Å². The molecule has 1 aromatic heterocycles. The van der Waals surface area contributed by atoms with Crippen LogP contribution in [0.5, 0.6) is 5.88 Å². The minimum Gasteiger partial charge on any atom is -0.476 e. The molecule has 18 heavy (non-hydrogen) atoms. The predicted molar refractivity (Wildman–Crippen MR) is 78.2 cm³/mol. The van der Waals surface area contributed by atoms with Crippen LogP contribution >= 0.6 is 11.8 Å². The van der Waals surface area contributed by atoms with Gasteiger partial charge < -0.3 is 15.8 Å². The largest absolute Gasteiger partial charge is 0.476 e. The molecule has 0 unspecified atom stereocenters. The van der Waals surface area contributed by atoms with Crippen molar-refractivity contribution in [2.75, 3.05) is 35.7 Å². The summed E-state index contributed by atoms with van der Waals surface area (Å²) in [5.41, 5.74) is 6.40. The predicted octanol–water partition coefficient (Wildman–Crippen LogP) is 2.18. The van der Waals surface area contributed by atoms with Gasteiger partial charge in [0.1, 0.15) is 12.0 Å². The van der Waals surface area contributed by atoms with Crippen LogP contribution in [0, 0.1) is 0 Å². The van der Waals surface area contributed by atoms with E-state index in [2.05, 4.69) is 21.9 Å². The molecule has 1 heterocycles. The minimum absolute atomic E-state index is 0.452. The summed E-state index contributed by atoms with van der Waals surface area (Å²) in [6.07, 6.45) is 4.27. The Hall–Kier alpha value is -1.43. The monoisotopic (exact) mass is 268 g/mol. The van der Waals surface area contributed by atoms with Crippen LogP contribution in [0.2, 0.25) is 0 Å². The molecule has 0 fully saturated rings. The molecule has 0 spiro atoms. The molecule has 0 aromatic carbocycles. The lowest BCUT2D eigenvalue weighted by molar-refractivity contribution is 0.307. The summed E-state index contributed by atoms with van der Waals surface area (Å²) in [6, 6.07) is 0. The van der Waals surface area contributed by atoms with E-state index in [1.807, 2.05) is 13.0 Å². The van der Waals surface area contributed by atoms with E-state index in [0.717, 1.165) is 24.5 Å². The number of ether oxygens (including phenoxy) is 1. The number of thioether (sulfide) groups is 1. The lowest BCUT2D eigenvalue weighted by Gasteiger charge is -2.11. The first-order valence-corrected chi connectivity index (χ1v) is 7.10. The lowest BCUT2D eigenvalue weighted by Crippen LogP contribution is -2.10. The molecule has 6 heteroatoms. The van der Waals surface area contributed by atoms with Crippen molar-refractivity contribution in [3.8, 4) is 5.88 Å². The maximum atomic E-state index is 5.93. The highest BCUT2D eigenvalue weighted by Crippen LogP contribution is 2.24. The number of nitrogens with two attached hydrogens (primary N) is 1. The van der Waals surface area contributed by atoms with Crippen molar-refractivity contribution in [1.82, 2.24) is 9.97 Å². The smallest absolute Gasteiger partial charge is 0.242 e. The van der Waals surface area contributed by atoms with Gasteiger partial charge in [-0.3, -0.25) is 0 Å². The van der Waals surface area contributed by atoms with Crippen molar-refractivity contribution in [3.05, 3.63) is 19.0 Å². The molecule has 3 N–H and O–H groups in total. The molecule has 1 rings (SSSR count). The maximum Gasteiger partial charge on any atom is 0.242 e. The fraction of sp³-hybridized carbons (Fsp3) is 0.500. The zero-order valence-corrected chi connectivity index (χ0v) is 11.5. The number of hydrogen-bond acceptors (Lipinski definition) is 6. The van der Waals surface area contributed by atoms with Gasteiger partial charge in [0.25, 0.3) is 0 Å². The normalized spacial score (nSPS) is 10.1. The lowest BCUT2D eigenvalue weighted by atomic mass is 10.4. The Balaban J connectivity index is 2.47. The summed E-state index contributed by atoms with van der Waals surface area (Å²) in [6.45, 7) is 7.11. The number of aromatic nitrogens is 2. The summed E-state index contributed by atoms with van der Waals surface area (Å²) < 4.78 is 5.44. The van der Waals surface area contributed by atoms with Crippen LogP contribution < -0.4 is 15.8 Å². The summed E-state index contributed by atoms with van der Waals surface area (Å²) >= 11 is 1.80. The molecular formula is C12H20N4OS. The van der Waals surface area contributed by atoms with E-state index in [1.165, 1.54) is 6.33 Å². The number of hydrogen-bond donors (Lipinski definition) is 2. The molecule has 0 saturated carbocycles. The molecule has 0 aliphatic carbocycles. The molecule has 0 aliphatic heterocycles. The summed E-state index contributed by atoms with van der Waals surface area (Å²) in [4.78, 5) is 8.13. The Labute approximate surface area is 112 Å². The van der Waals surface area contributed by atoms with Gasteiger partial charge in [0.15, 0.2) is 5.82 Å². The first kappa shape index (κ1) is 14.6. The van der Waals surface area contributed by atoms with E-state index >= 15 is 0 Å². The molecule has 5 nitrogen and oxygen atoms in total. The molecule has 0 radical (unpaired) electrons. The molecular weight excluding hydrogens is 248 g/mol. The van der Waals surface area contributed by atoms with Gasteiger partial charge in [-0.25, -0.2) is 4.98 Å². The second kappa shape index (κ2) is 8.63. The van der Waals surface area contributed by atoms with E-state index in [-0.39, 0.29) is 0 Å². The Kier molecular flexibility index (Phi) is 7.01. The maximum absolute atomic E-state index is 5.93. The number of anilines is 2. The standard InChI is InChI=1S/C12H20N4OS/c1-3-6-17-12-10(13)11(15-9-16-12)14-5-8-18-7-4-2/h4,9H,2-3,5-8,13H2,1H3,(H,14,15,16). The fourth-order valence-corrected chi connectivity index (χ4v) is 1.82. The fourth-order valence-electron chi connectivity index (χ4n) is 1.24. The van der Waals surface area contributed by atoms with E-state index in [1.54, 1.807) is 11.8 Å². The van der Waals surface area contributed by atoms with E-state index in [0.29, 0.717) is 24.0 Å². The van der Waals surface area contributed by atoms with Gasteiger partial charge in [-0.2, -0.15) is 16.7 Å². The molecule has 100 valence electrons. The number of rotatable bonds is 9. The molecule has 0 aliphatic rings. The van der Waals surface area contributed by atoms with Crippen molar-refractivity contribution >= 4 is 23.3 Å². The summed E-state index contributed by atoms with van der Waals surface area (Å²) in [7, 11) is 0. The van der Waals surface area contributed by atoms with Crippen LogP contribution in [-0.2, 0) is 0 Å². The van der Waals surface area contributed by atoms with Crippen molar-refractivity contribution in [2.24, 2.45) is 0 Å². The zero-order chi connectivity index (χ0) is 13.2. The number of nitrogen functional groups attached to an aromatic ring is 1. The number of nitrogens with zero attached hydrogens (tertiary/aromatic N) is 2. The van der Waals surface area contributed by atoms with Crippen LogP contribution in [0.4, 0.5) is 11.5 Å². The van der Waals surface area contributed by atoms with Crippen molar-refractivity contribution in [1.29, 1.82) is 0 Å². The highest BCUT2D eigenvalue weighted by atomic mass is 32.2. The van der Waals surface area contributed by atoms with Gasteiger partial charge >= 0.3 is 0 Å². The average molecular weight is 268 g/mol. The third-order valence-electron chi connectivity index (χ3n) is 2.06. The Morgan fingerprint density at radius 3 is 3.11 bits per heavy atom. The summed E-state index contributed by atoms with van der Waals surface area (Å²) in [5.74, 6) is 3.01. The first-order valence-electron chi connectivity index (χ1n) is 5.95. The summed E-state index contributed by atoms with van der Waals surface area (Å²) in [5, 5.41) is 3.18. The van der Waals surface area contributed by atoms with Gasteiger partial charge in [-0.15, -0.1) is 6.58 Å². The molecule has 0 saturated heterocycles. The van der Waals surface area contributed by atoms with Crippen molar-refractivity contribution < 1.29 is 4.74 Å². The molecule has 1 aromatic rings. The zero-order valence-electron chi connectivity index (χ0n) is 10.7. The van der Waals surface area contributed by atoms with E-state index < -0.39 is 0 Å². The van der Waals surface area contributed by atoms with Crippen molar-refractivity contribution in [2.45, 2.75) is 13.3 Å². The third-order valence-corrected chi connectivity index (χ3v) is 3.03. The second-order valence-corrected chi connectivity index (χ2v) is 4.73. The van der Waals surface area contributed by atoms with Crippen molar-refractivity contribution in [3.63, 3.8) is 0 Å². The topological polar surface area (TPSA) is 73.1 Å². The van der Waals surface area contributed by atoms with E-state index in [4.69, 9.17) is 10.5 Å². The Morgan fingerprint density at radius 1 is 1.56 bits per heavy atom. The van der Waals surface area contributed by atoms with Gasteiger partial charge in [0.2, 0.25) is 5.88 Å². The van der Waals surface area contributed by atoms with Crippen LogP contribution in [0.1, 0.15) is 13.3 Å². The average Bonchev–Trinajstić information content (AvgIpc) is 2.39. The third kappa shape index (κ3) is 4.83. The van der Waals surface area contributed by atoms with Crippen LogP contribution in [-0.4, -0.2) is 34.6 Å². The second-order valence-electron chi connectivity index (χ2n) is 3.58. The molecule has 0 amide bonds. The van der Waals surface area contributed by atoms with E-state index in [9.17, 15) is 0 Å². The Morgan fingerprint density at radius 2 is 2.39 bits per heavy atom. The van der Waals surface area contributed by atoms with Gasteiger partial charge in [-0.1, -0.05) is 13.0 Å². The van der Waals surface area contributed by atoms with Gasteiger partial charge in [-0.05, 0) is 6.42 Å². The minimum atomic E-state index is 0.452. The number of nitrogens with one attached hydrogen (secondary N) is 1. The molecule has 0 atom stereocenters. The quantitative estimate of drug-likeness (QED) is 0.528. The SMILES string of the molecule is C=CCSCCNc1ncnc(OCCC)c1N. The Bertz CT molecular complexity index is 373. The van der Waals surface area contributed by atoms with Crippen LogP contribution in [0.15, 0.2) is 19.0 Å². The first-order chi connectivity index (χ1) is 8.79. The van der Waals surface area contributed by atoms with Crippen LogP contribution in [0.25, 0.3) is 0 Å². The van der Waals surface area contributed by atoms with Gasteiger partial charge in [0, 0.05) is 18.1 Å². The highest BCUT2D eigenvalue weighted by Gasteiger charge is 2.08.